The molecule has 0 heterocycles. The molecule has 4 nitrogen and oxygen atoms in total. The third-order valence-corrected chi connectivity index (χ3v) is 5.16. The summed E-state index contributed by atoms with van der Waals surface area (Å²) in [6, 6.07) is 7.46. The Labute approximate surface area is 120 Å². The molecule has 1 aromatic carbocycles. The van der Waals surface area contributed by atoms with Crippen LogP contribution in [-0.2, 0) is 10.0 Å². The second-order valence-corrected chi connectivity index (χ2v) is 7.91. The van der Waals surface area contributed by atoms with Crippen molar-refractivity contribution in [1.29, 1.82) is 0 Å². The molecular weight excluding hydrogens is 280 g/mol. The number of hydrogen-bond donors (Lipinski definition) is 2. The standard InChI is InChI=1S/C13H22N2O2S2/c1-11(2)6-7-15-19(16,17)9-8-18-13-5-3-4-12(14)10-13/h3-5,10-11,15H,6-9,14H2,1-2H3. The molecule has 1 rings (SSSR count). The zero-order valence-electron chi connectivity index (χ0n) is 11.4. The lowest BCUT2D eigenvalue weighted by atomic mass is 10.1. The molecule has 0 fully saturated rings. The molecule has 1 aromatic rings. The average Bonchev–Trinajstić information content (AvgIpc) is 2.27. The van der Waals surface area contributed by atoms with Gasteiger partial charge in [-0.1, -0.05) is 19.9 Å². The normalized spacial score (nSPS) is 11.9. The van der Waals surface area contributed by atoms with Crippen LogP contribution in [0, 0.1) is 5.92 Å². The van der Waals surface area contributed by atoms with E-state index in [1.165, 1.54) is 11.8 Å². The summed E-state index contributed by atoms with van der Waals surface area (Å²) < 4.78 is 26.1. The van der Waals surface area contributed by atoms with Crippen LogP contribution in [0.5, 0.6) is 0 Å². The van der Waals surface area contributed by atoms with E-state index in [1.807, 2.05) is 24.3 Å². The van der Waals surface area contributed by atoms with Gasteiger partial charge in [0.25, 0.3) is 0 Å². The molecule has 0 aliphatic rings. The molecule has 0 bridgehead atoms. The van der Waals surface area contributed by atoms with E-state index >= 15 is 0 Å². The van der Waals surface area contributed by atoms with Crippen molar-refractivity contribution in [2.24, 2.45) is 5.92 Å². The van der Waals surface area contributed by atoms with Crippen molar-refractivity contribution in [3.63, 3.8) is 0 Å². The summed E-state index contributed by atoms with van der Waals surface area (Å²) in [7, 11) is -3.16. The number of thioether (sulfide) groups is 1. The molecule has 6 heteroatoms. The first-order valence-electron chi connectivity index (χ1n) is 6.35. The highest BCUT2D eigenvalue weighted by atomic mass is 32.2. The van der Waals surface area contributed by atoms with Gasteiger partial charge in [-0.25, -0.2) is 13.1 Å². The van der Waals surface area contributed by atoms with Gasteiger partial charge in [-0.2, -0.15) is 0 Å². The summed E-state index contributed by atoms with van der Waals surface area (Å²) in [4.78, 5) is 0.998. The van der Waals surface area contributed by atoms with Crippen LogP contribution in [0.1, 0.15) is 20.3 Å². The second-order valence-electron chi connectivity index (χ2n) is 4.82. The van der Waals surface area contributed by atoms with Crippen LogP contribution in [0.2, 0.25) is 0 Å². The van der Waals surface area contributed by atoms with E-state index in [9.17, 15) is 8.42 Å². The van der Waals surface area contributed by atoms with Crippen molar-refractivity contribution < 1.29 is 8.42 Å². The number of nitrogen functional groups attached to an aromatic ring is 1. The van der Waals surface area contributed by atoms with Crippen LogP contribution in [0.15, 0.2) is 29.2 Å². The number of anilines is 1. The number of rotatable bonds is 8. The summed E-state index contributed by atoms with van der Waals surface area (Å²) in [5, 5.41) is 0. The molecular formula is C13H22N2O2S2. The Kier molecular flexibility index (Phi) is 6.68. The second kappa shape index (κ2) is 7.77. The van der Waals surface area contributed by atoms with Gasteiger partial charge in [0.1, 0.15) is 0 Å². The lowest BCUT2D eigenvalue weighted by Crippen LogP contribution is -2.28. The number of nitrogens with one attached hydrogen (secondary N) is 1. The van der Waals surface area contributed by atoms with Crippen molar-refractivity contribution >= 4 is 27.5 Å². The van der Waals surface area contributed by atoms with Crippen molar-refractivity contribution in [3.05, 3.63) is 24.3 Å². The molecule has 3 N–H and O–H groups in total. The van der Waals surface area contributed by atoms with Crippen LogP contribution < -0.4 is 10.5 Å². The van der Waals surface area contributed by atoms with Gasteiger partial charge in [0.2, 0.25) is 10.0 Å². The molecule has 0 aliphatic heterocycles. The van der Waals surface area contributed by atoms with Gasteiger partial charge in [-0.3, -0.25) is 0 Å². The maximum Gasteiger partial charge on any atom is 0.212 e. The maximum absolute atomic E-state index is 11.7. The van der Waals surface area contributed by atoms with Crippen LogP contribution in [0.4, 0.5) is 5.69 Å². The number of benzene rings is 1. The lowest BCUT2D eigenvalue weighted by molar-refractivity contribution is 0.552. The first-order valence-corrected chi connectivity index (χ1v) is 8.98. The van der Waals surface area contributed by atoms with E-state index < -0.39 is 10.0 Å². The van der Waals surface area contributed by atoms with Crippen molar-refractivity contribution in [3.8, 4) is 0 Å². The van der Waals surface area contributed by atoms with E-state index in [1.54, 1.807) is 0 Å². The van der Waals surface area contributed by atoms with Crippen LogP contribution in [-0.4, -0.2) is 26.5 Å². The minimum absolute atomic E-state index is 0.130. The highest BCUT2D eigenvalue weighted by Gasteiger charge is 2.09. The Morgan fingerprint density at radius 2 is 2.11 bits per heavy atom. The molecule has 0 radical (unpaired) electrons. The summed E-state index contributed by atoms with van der Waals surface area (Å²) >= 11 is 1.50. The van der Waals surface area contributed by atoms with Crippen molar-refractivity contribution in [1.82, 2.24) is 4.72 Å². The highest BCUT2D eigenvalue weighted by Crippen LogP contribution is 2.20. The number of nitrogens with two attached hydrogens (primary N) is 1. The molecule has 0 saturated heterocycles. The zero-order chi connectivity index (χ0) is 14.3. The molecule has 0 atom stereocenters. The Bertz CT molecular complexity index is 487. The minimum atomic E-state index is -3.16. The van der Waals surface area contributed by atoms with E-state index in [2.05, 4.69) is 18.6 Å². The fourth-order valence-corrected chi connectivity index (χ4v) is 3.86. The van der Waals surface area contributed by atoms with Gasteiger partial charge >= 0.3 is 0 Å². The predicted molar refractivity (Wildman–Crippen MR) is 82.8 cm³/mol. The molecule has 0 saturated carbocycles. The fourth-order valence-electron chi connectivity index (χ4n) is 1.45. The lowest BCUT2D eigenvalue weighted by Gasteiger charge is -2.08. The molecule has 0 aromatic heterocycles. The molecule has 0 amide bonds. The van der Waals surface area contributed by atoms with Gasteiger partial charge in [0, 0.05) is 22.9 Å². The van der Waals surface area contributed by atoms with Crippen LogP contribution in [0.3, 0.4) is 0 Å². The first-order chi connectivity index (χ1) is 8.89. The minimum Gasteiger partial charge on any atom is -0.399 e. The number of hydrogen-bond acceptors (Lipinski definition) is 4. The molecule has 108 valence electrons. The van der Waals surface area contributed by atoms with E-state index in [-0.39, 0.29) is 5.75 Å². The van der Waals surface area contributed by atoms with E-state index in [0.29, 0.717) is 23.9 Å². The predicted octanol–water partition coefficient (Wildman–Crippen LogP) is 2.33. The van der Waals surface area contributed by atoms with Gasteiger partial charge < -0.3 is 5.73 Å². The number of sulfonamides is 1. The largest absolute Gasteiger partial charge is 0.399 e. The Morgan fingerprint density at radius 1 is 1.37 bits per heavy atom. The summed E-state index contributed by atoms with van der Waals surface area (Å²) in [5.41, 5.74) is 6.36. The Balaban J connectivity index is 2.31. The monoisotopic (exact) mass is 302 g/mol. The fraction of sp³-hybridized carbons (Fsp3) is 0.538. The highest BCUT2D eigenvalue weighted by molar-refractivity contribution is 8.00. The van der Waals surface area contributed by atoms with Crippen molar-refractivity contribution in [2.75, 3.05) is 23.8 Å². The molecule has 0 spiro atoms. The van der Waals surface area contributed by atoms with Crippen LogP contribution >= 0.6 is 11.8 Å². The maximum atomic E-state index is 11.7. The first kappa shape index (κ1) is 16.3. The van der Waals surface area contributed by atoms with Gasteiger partial charge in [0.05, 0.1) is 5.75 Å². The molecule has 19 heavy (non-hydrogen) atoms. The third kappa shape index (κ3) is 7.44. The van der Waals surface area contributed by atoms with Gasteiger partial charge in [-0.05, 0) is 30.5 Å². The summed E-state index contributed by atoms with van der Waals surface area (Å²) in [5.74, 6) is 1.16. The summed E-state index contributed by atoms with van der Waals surface area (Å²) in [6.45, 7) is 4.66. The Morgan fingerprint density at radius 3 is 2.74 bits per heavy atom. The third-order valence-electron chi connectivity index (χ3n) is 2.52. The topological polar surface area (TPSA) is 72.2 Å². The van der Waals surface area contributed by atoms with E-state index in [4.69, 9.17) is 5.73 Å². The zero-order valence-corrected chi connectivity index (χ0v) is 13.1. The van der Waals surface area contributed by atoms with Gasteiger partial charge in [0.15, 0.2) is 0 Å². The van der Waals surface area contributed by atoms with Gasteiger partial charge in [-0.15, -0.1) is 11.8 Å². The quantitative estimate of drug-likeness (QED) is 0.571. The SMILES string of the molecule is CC(C)CCNS(=O)(=O)CCSc1cccc(N)c1. The van der Waals surface area contributed by atoms with Crippen LogP contribution in [0.25, 0.3) is 0 Å². The Hall–Kier alpha value is -0.720. The molecule has 0 aliphatic carbocycles. The summed E-state index contributed by atoms with van der Waals surface area (Å²) in [6.07, 6.45) is 0.863. The molecule has 0 unspecified atom stereocenters. The smallest absolute Gasteiger partial charge is 0.212 e. The van der Waals surface area contributed by atoms with E-state index in [0.717, 1.165) is 11.3 Å². The average molecular weight is 302 g/mol. The van der Waals surface area contributed by atoms with Crippen molar-refractivity contribution in [2.45, 2.75) is 25.2 Å².